The summed E-state index contributed by atoms with van der Waals surface area (Å²) in [5.74, 6) is -4.52. The zero-order valence-corrected chi connectivity index (χ0v) is 11.9. The van der Waals surface area contributed by atoms with Gasteiger partial charge in [0.25, 0.3) is 0 Å². The summed E-state index contributed by atoms with van der Waals surface area (Å²) in [5.41, 5.74) is -1.47. The maximum Gasteiger partial charge on any atom is 0.194 e. The van der Waals surface area contributed by atoms with Crippen LogP contribution in [0.5, 0.6) is 0 Å². The van der Waals surface area contributed by atoms with Crippen molar-refractivity contribution in [1.82, 2.24) is 0 Å². The Morgan fingerprint density at radius 3 is 2.10 bits per heavy atom. The Morgan fingerprint density at radius 1 is 1.10 bits per heavy atom. The second-order valence-corrected chi connectivity index (χ2v) is 5.86. The van der Waals surface area contributed by atoms with Gasteiger partial charge in [-0.3, -0.25) is 0 Å². The quantitative estimate of drug-likeness (QED) is 0.787. The molecule has 0 saturated heterocycles. The van der Waals surface area contributed by atoms with Crippen molar-refractivity contribution in [3.63, 3.8) is 0 Å². The molecule has 2 rings (SSSR count). The highest BCUT2D eigenvalue weighted by atomic mass is 35.5. The summed E-state index contributed by atoms with van der Waals surface area (Å²) in [6.07, 6.45) is -0.103. The first-order chi connectivity index (χ1) is 9.91. The van der Waals surface area contributed by atoms with Gasteiger partial charge < -0.3 is 0 Å². The first-order valence-electron chi connectivity index (χ1n) is 5.62. The third kappa shape index (κ3) is 2.87. The average Bonchev–Trinajstić information content (AvgIpc) is 2.87. The van der Waals surface area contributed by atoms with E-state index >= 15 is 0 Å². The van der Waals surface area contributed by atoms with Crippen LogP contribution < -0.4 is 0 Å². The van der Waals surface area contributed by atoms with E-state index in [0.29, 0.717) is 22.0 Å². The normalized spacial score (nSPS) is 11.0. The molecule has 0 aliphatic heterocycles. The Balaban J connectivity index is 2.53. The van der Waals surface area contributed by atoms with Crippen LogP contribution in [0.3, 0.4) is 0 Å². The highest BCUT2D eigenvalue weighted by molar-refractivity contribution is 7.14. The molecule has 1 aromatic heterocycles. The standard InChI is InChI=1S/C14H6ClF3N2S/c15-12-1-8(5-21-12)4-14(6-19,7-20)9-2-10(16)13(18)11(17)3-9/h1-3,5H,4H2. The second-order valence-electron chi connectivity index (χ2n) is 4.32. The maximum absolute atomic E-state index is 13.3. The number of halogens is 4. The van der Waals surface area contributed by atoms with Crippen molar-refractivity contribution in [1.29, 1.82) is 10.5 Å². The molecular formula is C14H6ClF3N2S. The largest absolute Gasteiger partial charge is 0.204 e. The molecule has 0 radical (unpaired) electrons. The summed E-state index contributed by atoms with van der Waals surface area (Å²) >= 11 is 6.98. The molecule has 0 atom stereocenters. The van der Waals surface area contributed by atoms with Crippen LogP contribution in [0.2, 0.25) is 4.34 Å². The van der Waals surface area contributed by atoms with Gasteiger partial charge in [-0.1, -0.05) is 11.6 Å². The SMILES string of the molecule is N#CC(C#N)(Cc1csc(Cl)c1)c1cc(F)c(F)c(F)c1. The fourth-order valence-corrected chi connectivity index (χ4v) is 2.79. The third-order valence-electron chi connectivity index (χ3n) is 2.95. The average molecular weight is 327 g/mol. The van der Waals surface area contributed by atoms with E-state index in [1.165, 1.54) is 11.3 Å². The van der Waals surface area contributed by atoms with Crippen LogP contribution >= 0.6 is 22.9 Å². The molecule has 0 unspecified atom stereocenters. The zero-order chi connectivity index (χ0) is 15.6. The van der Waals surface area contributed by atoms with E-state index in [-0.39, 0.29) is 12.0 Å². The van der Waals surface area contributed by atoms with E-state index in [2.05, 4.69) is 0 Å². The highest BCUT2D eigenvalue weighted by Gasteiger charge is 2.35. The van der Waals surface area contributed by atoms with Crippen LogP contribution in [0.25, 0.3) is 0 Å². The number of rotatable bonds is 3. The van der Waals surface area contributed by atoms with Gasteiger partial charge in [-0.05, 0) is 34.7 Å². The molecule has 1 aromatic carbocycles. The van der Waals surface area contributed by atoms with Crippen molar-refractivity contribution in [2.75, 3.05) is 0 Å². The van der Waals surface area contributed by atoms with Gasteiger partial charge in [0.05, 0.1) is 16.5 Å². The number of nitriles is 2. The number of hydrogen-bond acceptors (Lipinski definition) is 3. The van der Waals surface area contributed by atoms with E-state index in [9.17, 15) is 23.7 Å². The molecule has 0 fully saturated rings. The van der Waals surface area contributed by atoms with Crippen molar-refractivity contribution in [3.8, 4) is 12.1 Å². The predicted molar refractivity (Wildman–Crippen MR) is 72.3 cm³/mol. The summed E-state index contributed by atoms with van der Waals surface area (Å²) < 4.78 is 40.1. The minimum atomic E-state index is -1.82. The molecule has 7 heteroatoms. The number of thiophene rings is 1. The van der Waals surface area contributed by atoms with E-state index in [1.807, 2.05) is 0 Å². The van der Waals surface area contributed by atoms with Gasteiger partial charge in [0.2, 0.25) is 0 Å². The van der Waals surface area contributed by atoms with Crippen LogP contribution in [0.15, 0.2) is 23.6 Å². The van der Waals surface area contributed by atoms with Crippen molar-refractivity contribution in [2.45, 2.75) is 11.8 Å². The predicted octanol–water partition coefficient (Wildman–Crippen LogP) is 4.35. The van der Waals surface area contributed by atoms with Gasteiger partial charge in [0.1, 0.15) is 0 Å². The molecule has 0 bridgehead atoms. The molecule has 0 aliphatic rings. The lowest BCUT2D eigenvalue weighted by Crippen LogP contribution is -2.25. The fourth-order valence-electron chi connectivity index (χ4n) is 1.88. The van der Waals surface area contributed by atoms with Gasteiger partial charge in [-0.25, -0.2) is 13.2 Å². The van der Waals surface area contributed by atoms with Crippen molar-refractivity contribution < 1.29 is 13.2 Å². The molecule has 106 valence electrons. The molecule has 0 N–H and O–H groups in total. The van der Waals surface area contributed by atoms with Crippen LogP contribution in [-0.2, 0) is 11.8 Å². The maximum atomic E-state index is 13.3. The number of nitrogens with zero attached hydrogens (tertiary/aromatic N) is 2. The van der Waals surface area contributed by atoms with E-state index < -0.39 is 22.9 Å². The van der Waals surface area contributed by atoms with Crippen molar-refractivity contribution in [2.24, 2.45) is 0 Å². The highest BCUT2D eigenvalue weighted by Crippen LogP contribution is 2.32. The smallest absolute Gasteiger partial charge is 0.194 e. The zero-order valence-electron chi connectivity index (χ0n) is 10.3. The van der Waals surface area contributed by atoms with E-state index in [0.717, 1.165) is 0 Å². The van der Waals surface area contributed by atoms with Gasteiger partial charge in [0.15, 0.2) is 22.9 Å². The summed E-state index contributed by atoms with van der Waals surface area (Å²) in [7, 11) is 0. The summed E-state index contributed by atoms with van der Waals surface area (Å²) in [4.78, 5) is 0. The Bertz CT molecular complexity index is 736. The molecule has 0 spiro atoms. The number of benzene rings is 1. The summed E-state index contributed by atoms with van der Waals surface area (Å²) in [6.45, 7) is 0. The minimum Gasteiger partial charge on any atom is -0.204 e. The first kappa shape index (κ1) is 15.4. The fraction of sp³-hybridized carbons (Fsp3) is 0.143. The van der Waals surface area contributed by atoms with Crippen LogP contribution in [0, 0.1) is 40.1 Å². The van der Waals surface area contributed by atoms with Gasteiger partial charge >= 0.3 is 0 Å². The van der Waals surface area contributed by atoms with Gasteiger partial charge in [-0.2, -0.15) is 10.5 Å². The topological polar surface area (TPSA) is 47.6 Å². The van der Waals surface area contributed by atoms with E-state index in [1.54, 1.807) is 23.6 Å². The Hall–Kier alpha value is -2.02. The number of hydrogen-bond donors (Lipinski definition) is 0. The van der Waals surface area contributed by atoms with Crippen LogP contribution in [-0.4, -0.2) is 0 Å². The summed E-state index contributed by atoms with van der Waals surface area (Å²) in [6, 6.07) is 6.41. The third-order valence-corrected chi connectivity index (χ3v) is 4.09. The molecule has 21 heavy (non-hydrogen) atoms. The Labute approximate surface area is 127 Å². The minimum absolute atomic E-state index is 0.103. The molecule has 0 aliphatic carbocycles. The lowest BCUT2D eigenvalue weighted by molar-refractivity contribution is 0.442. The monoisotopic (exact) mass is 326 g/mol. The lowest BCUT2D eigenvalue weighted by Gasteiger charge is -2.18. The van der Waals surface area contributed by atoms with Crippen LogP contribution in [0.1, 0.15) is 11.1 Å². The van der Waals surface area contributed by atoms with Crippen molar-refractivity contribution in [3.05, 3.63) is 56.5 Å². The van der Waals surface area contributed by atoms with Gasteiger partial charge in [0, 0.05) is 6.42 Å². The first-order valence-corrected chi connectivity index (χ1v) is 6.88. The molecule has 1 heterocycles. The van der Waals surface area contributed by atoms with Gasteiger partial charge in [-0.15, -0.1) is 11.3 Å². The van der Waals surface area contributed by atoms with Crippen LogP contribution in [0.4, 0.5) is 13.2 Å². The molecule has 2 aromatic rings. The Kier molecular flexibility index (Phi) is 4.22. The molecule has 0 saturated carbocycles. The Morgan fingerprint density at radius 2 is 1.67 bits per heavy atom. The van der Waals surface area contributed by atoms with Crippen molar-refractivity contribution >= 4 is 22.9 Å². The lowest BCUT2D eigenvalue weighted by atomic mass is 9.78. The van der Waals surface area contributed by atoms with E-state index in [4.69, 9.17) is 11.6 Å². The second kappa shape index (κ2) is 5.77. The molecule has 2 nitrogen and oxygen atoms in total. The summed E-state index contributed by atoms with van der Waals surface area (Å²) in [5, 5.41) is 20.3. The molecular weight excluding hydrogens is 321 g/mol. The molecule has 0 amide bonds.